The van der Waals surface area contributed by atoms with Crippen LogP contribution in [0.1, 0.15) is 26.7 Å². The number of amides is 1. The molecule has 1 amide bonds. The van der Waals surface area contributed by atoms with Gasteiger partial charge in [0.15, 0.2) is 0 Å². The fourth-order valence-corrected chi connectivity index (χ4v) is 2.60. The molecule has 4 heteroatoms. The van der Waals surface area contributed by atoms with Gasteiger partial charge < -0.3 is 15.1 Å². The Kier molecular flexibility index (Phi) is 5.40. The third-order valence-electron chi connectivity index (χ3n) is 3.35. The Hall–Kier alpha value is -0.610. The largest absolute Gasteiger partial charge is 0.337 e. The molecule has 2 unspecified atom stereocenters. The molecule has 0 spiro atoms. The maximum atomic E-state index is 12.2. The van der Waals surface area contributed by atoms with Crippen molar-refractivity contribution in [3.63, 3.8) is 0 Å². The molecule has 0 saturated carbocycles. The van der Waals surface area contributed by atoms with E-state index in [1.54, 1.807) is 0 Å². The minimum absolute atomic E-state index is 0.0341. The predicted octanol–water partition coefficient (Wildman–Crippen LogP) is 0.783. The summed E-state index contributed by atoms with van der Waals surface area (Å²) in [5, 5.41) is 3.10. The lowest BCUT2D eigenvalue weighted by molar-refractivity contribution is -0.131. The first-order chi connectivity index (χ1) is 7.95. The van der Waals surface area contributed by atoms with E-state index in [-0.39, 0.29) is 11.9 Å². The molecule has 0 aromatic rings. The number of hydrogen-bond acceptors (Lipinski definition) is 3. The average Bonchev–Trinajstić information content (AvgIpc) is 2.57. The van der Waals surface area contributed by atoms with Gasteiger partial charge in [0.2, 0.25) is 5.91 Å². The summed E-state index contributed by atoms with van der Waals surface area (Å²) in [5.41, 5.74) is 0. The van der Waals surface area contributed by atoms with E-state index in [1.807, 2.05) is 7.05 Å². The zero-order chi connectivity index (χ0) is 13.0. The Morgan fingerprint density at radius 1 is 1.47 bits per heavy atom. The van der Waals surface area contributed by atoms with Crippen LogP contribution in [0, 0.1) is 5.92 Å². The Morgan fingerprint density at radius 3 is 2.53 bits per heavy atom. The molecule has 1 rings (SSSR count). The Balaban J connectivity index is 2.66. The van der Waals surface area contributed by atoms with Gasteiger partial charge in [-0.05, 0) is 39.9 Å². The Labute approximate surface area is 105 Å². The monoisotopic (exact) mass is 241 g/mol. The molecular weight excluding hydrogens is 214 g/mol. The molecule has 4 nitrogen and oxygen atoms in total. The fraction of sp³-hybridized carbons (Fsp3) is 0.923. The van der Waals surface area contributed by atoms with E-state index in [0.717, 1.165) is 25.9 Å². The van der Waals surface area contributed by atoms with Crippen molar-refractivity contribution in [3.8, 4) is 0 Å². The van der Waals surface area contributed by atoms with Gasteiger partial charge in [-0.15, -0.1) is 0 Å². The highest BCUT2D eigenvalue weighted by Gasteiger charge is 2.35. The predicted molar refractivity (Wildman–Crippen MR) is 71.0 cm³/mol. The van der Waals surface area contributed by atoms with Gasteiger partial charge >= 0.3 is 0 Å². The van der Waals surface area contributed by atoms with E-state index in [4.69, 9.17) is 0 Å². The molecule has 0 radical (unpaired) electrons. The normalized spacial score (nSPS) is 22.9. The van der Waals surface area contributed by atoms with Gasteiger partial charge in [-0.2, -0.15) is 0 Å². The van der Waals surface area contributed by atoms with Crippen molar-refractivity contribution in [2.24, 2.45) is 5.92 Å². The number of nitrogens with one attached hydrogen (secondary N) is 1. The summed E-state index contributed by atoms with van der Waals surface area (Å²) in [7, 11) is 6.02. The van der Waals surface area contributed by atoms with Crippen LogP contribution in [0.4, 0.5) is 0 Å². The number of hydrogen-bond donors (Lipinski definition) is 1. The molecule has 0 aromatic carbocycles. The summed E-state index contributed by atoms with van der Waals surface area (Å²) in [6.45, 7) is 6.30. The molecule has 1 N–H and O–H groups in total. The number of carbonyl (C=O) groups is 1. The maximum Gasteiger partial charge on any atom is 0.240 e. The highest BCUT2D eigenvalue weighted by atomic mass is 16.2. The Bertz CT molecular complexity index is 243. The minimum atomic E-state index is 0.0341. The van der Waals surface area contributed by atoms with Gasteiger partial charge in [-0.25, -0.2) is 0 Å². The summed E-state index contributed by atoms with van der Waals surface area (Å²) in [6, 6.07) is 0.391. The average molecular weight is 241 g/mol. The molecule has 2 atom stereocenters. The van der Waals surface area contributed by atoms with Gasteiger partial charge in [0.1, 0.15) is 0 Å². The number of nitrogens with zero attached hydrogens (tertiary/aromatic N) is 2. The van der Waals surface area contributed by atoms with Gasteiger partial charge in [0, 0.05) is 19.1 Å². The first-order valence-corrected chi connectivity index (χ1v) is 6.58. The van der Waals surface area contributed by atoms with Gasteiger partial charge in [0.05, 0.1) is 6.04 Å². The van der Waals surface area contributed by atoms with Crippen molar-refractivity contribution >= 4 is 5.91 Å². The highest BCUT2D eigenvalue weighted by Crippen LogP contribution is 2.19. The molecule has 0 aliphatic carbocycles. The quantitative estimate of drug-likeness (QED) is 0.746. The van der Waals surface area contributed by atoms with E-state index in [9.17, 15) is 4.79 Å². The van der Waals surface area contributed by atoms with Crippen molar-refractivity contribution in [2.75, 3.05) is 34.2 Å². The van der Waals surface area contributed by atoms with Crippen LogP contribution < -0.4 is 5.32 Å². The van der Waals surface area contributed by atoms with Crippen LogP contribution in [0.15, 0.2) is 0 Å². The lowest BCUT2D eigenvalue weighted by atomic mass is 10.0. The van der Waals surface area contributed by atoms with E-state index < -0.39 is 0 Å². The van der Waals surface area contributed by atoms with Crippen molar-refractivity contribution in [2.45, 2.75) is 38.8 Å². The molecule has 1 aliphatic rings. The zero-order valence-corrected chi connectivity index (χ0v) is 11.9. The zero-order valence-electron chi connectivity index (χ0n) is 11.9. The third kappa shape index (κ3) is 3.96. The summed E-state index contributed by atoms with van der Waals surface area (Å²) in [6.07, 6.45) is 2.03. The van der Waals surface area contributed by atoms with Crippen molar-refractivity contribution in [3.05, 3.63) is 0 Å². The molecule has 17 heavy (non-hydrogen) atoms. The van der Waals surface area contributed by atoms with Gasteiger partial charge in [0.25, 0.3) is 0 Å². The summed E-state index contributed by atoms with van der Waals surface area (Å²) in [4.78, 5) is 16.4. The summed E-state index contributed by atoms with van der Waals surface area (Å²) >= 11 is 0. The SMILES string of the molecule is CNC1CCN(C(CC(C)C)CN(C)C)C1=O. The van der Waals surface area contributed by atoms with Crippen molar-refractivity contribution in [1.29, 1.82) is 0 Å². The molecule has 1 fully saturated rings. The summed E-state index contributed by atoms with van der Waals surface area (Å²) < 4.78 is 0. The van der Waals surface area contributed by atoms with Crippen LogP contribution in [-0.4, -0.2) is 62.0 Å². The van der Waals surface area contributed by atoms with E-state index in [1.165, 1.54) is 0 Å². The maximum absolute atomic E-state index is 12.2. The number of likely N-dealkylation sites (N-methyl/N-ethyl adjacent to an activating group) is 2. The summed E-state index contributed by atoms with van der Waals surface area (Å²) in [5.74, 6) is 0.904. The molecule has 1 aliphatic heterocycles. The Morgan fingerprint density at radius 2 is 2.12 bits per heavy atom. The van der Waals surface area contributed by atoms with Crippen LogP contribution in [0.25, 0.3) is 0 Å². The number of rotatable bonds is 6. The highest BCUT2D eigenvalue weighted by molar-refractivity contribution is 5.84. The minimum Gasteiger partial charge on any atom is -0.337 e. The van der Waals surface area contributed by atoms with Crippen LogP contribution in [-0.2, 0) is 4.79 Å². The van der Waals surface area contributed by atoms with Gasteiger partial charge in [-0.1, -0.05) is 13.8 Å². The fourth-order valence-electron chi connectivity index (χ4n) is 2.60. The first-order valence-electron chi connectivity index (χ1n) is 6.58. The van der Waals surface area contributed by atoms with Crippen LogP contribution in [0.3, 0.4) is 0 Å². The van der Waals surface area contributed by atoms with Crippen LogP contribution >= 0.6 is 0 Å². The third-order valence-corrected chi connectivity index (χ3v) is 3.35. The van der Waals surface area contributed by atoms with Crippen molar-refractivity contribution < 1.29 is 4.79 Å². The molecule has 0 aromatic heterocycles. The van der Waals surface area contributed by atoms with Crippen LogP contribution in [0.5, 0.6) is 0 Å². The van der Waals surface area contributed by atoms with Crippen molar-refractivity contribution in [1.82, 2.24) is 15.1 Å². The lowest BCUT2D eigenvalue weighted by Crippen LogP contribution is -2.46. The van der Waals surface area contributed by atoms with Crippen LogP contribution in [0.2, 0.25) is 0 Å². The second-order valence-corrected chi connectivity index (χ2v) is 5.71. The molecule has 0 bridgehead atoms. The molecule has 1 saturated heterocycles. The van der Waals surface area contributed by atoms with E-state index in [0.29, 0.717) is 12.0 Å². The second-order valence-electron chi connectivity index (χ2n) is 5.71. The second kappa shape index (κ2) is 6.36. The number of likely N-dealkylation sites (tertiary alicyclic amines) is 1. The molecule has 1 heterocycles. The van der Waals surface area contributed by atoms with E-state index >= 15 is 0 Å². The van der Waals surface area contributed by atoms with E-state index in [2.05, 4.69) is 43.1 Å². The molecule has 100 valence electrons. The molecular formula is C13H27N3O. The first kappa shape index (κ1) is 14.5. The lowest BCUT2D eigenvalue weighted by Gasteiger charge is -2.31. The topological polar surface area (TPSA) is 35.6 Å². The number of carbonyl (C=O) groups excluding carboxylic acids is 1. The smallest absolute Gasteiger partial charge is 0.240 e. The standard InChI is InChI=1S/C13H27N3O/c1-10(2)8-11(9-15(4)5)16-7-6-12(14-3)13(16)17/h10-12,14H,6-9H2,1-5H3. The van der Waals surface area contributed by atoms with Gasteiger partial charge in [-0.3, -0.25) is 4.79 Å².